The average Bonchev–Trinajstić information content (AvgIpc) is 3.05. The molecule has 4 rings (SSSR count). The molecule has 0 unspecified atom stereocenters. The van der Waals surface area contributed by atoms with Crippen molar-refractivity contribution in [2.24, 2.45) is 0 Å². The van der Waals surface area contributed by atoms with Gasteiger partial charge in [-0.1, -0.05) is 48.4 Å². The molecule has 2 aromatic carbocycles. The second kappa shape index (κ2) is 6.98. The fraction of sp³-hybridized carbons (Fsp3) is 0.455. The summed E-state index contributed by atoms with van der Waals surface area (Å²) in [6, 6.07) is 18.7. The number of nitrogens with zero attached hydrogens (tertiary/aromatic N) is 2. The van der Waals surface area contributed by atoms with Crippen molar-refractivity contribution >= 4 is 5.69 Å². The molecule has 1 fully saturated rings. The topological polar surface area (TPSA) is 6.48 Å². The molecule has 0 radical (unpaired) electrons. The highest BCUT2D eigenvalue weighted by Crippen LogP contribution is 2.29. The van der Waals surface area contributed by atoms with Gasteiger partial charge in [0.1, 0.15) is 0 Å². The van der Waals surface area contributed by atoms with Gasteiger partial charge in [0.25, 0.3) is 0 Å². The molecule has 2 aliphatic rings. The molecular weight excluding hydrogens is 292 g/mol. The van der Waals surface area contributed by atoms with Crippen LogP contribution in [0.1, 0.15) is 36.0 Å². The van der Waals surface area contributed by atoms with E-state index in [2.05, 4.69) is 65.3 Å². The Morgan fingerprint density at radius 2 is 1.50 bits per heavy atom. The molecule has 2 nitrogen and oxygen atoms in total. The normalized spacial score (nSPS) is 18.5. The quantitative estimate of drug-likeness (QED) is 0.823. The van der Waals surface area contributed by atoms with Gasteiger partial charge in [-0.2, -0.15) is 0 Å². The van der Waals surface area contributed by atoms with Crippen LogP contribution in [0, 0.1) is 6.92 Å². The lowest BCUT2D eigenvalue weighted by Crippen LogP contribution is -2.46. The number of hydrogen-bond donors (Lipinski definition) is 0. The van der Waals surface area contributed by atoms with Crippen LogP contribution < -0.4 is 4.90 Å². The minimum atomic E-state index is 0.590. The Morgan fingerprint density at radius 3 is 2.12 bits per heavy atom. The summed E-state index contributed by atoms with van der Waals surface area (Å²) in [5, 5.41) is 0. The Kier molecular flexibility index (Phi) is 4.57. The number of anilines is 1. The predicted octanol–water partition coefficient (Wildman–Crippen LogP) is 4.41. The van der Waals surface area contributed by atoms with Crippen LogP contribution in [0.2, 0.25) is 0 Å². The number of fused-ring (bicyclic) bond motifs is 1. The number of aryl methyl sites for hydroxylation is 1. The second-order valence-corrected chi connectivity index (χ2v) is 7.46. The lowest BCUT2D eigenvalue weighted by atomic mass is 10.1. The Labute approximate surface area is 146 Å². The summed E-state index contributed by atoms with van der Waals surface area (Å²) >= 11 is 0. The van der Waals surface area contributed by atoms with Gasteiger partial charge < -0.3 is 4.90 Å². The van der Waals surface area contributed by atoms with Crippen molar-refractivity contribution in [1.29, 1.82) is 0 Å². The fourth-order valence-corrected chi connectivity index (χ4v) is 4.22. The van der Waals surface area contributed by atoms with Crippen molar-refractivity contribution in [3.05, 3.63) is 65.2 Å². The molecule has 0 saturated carbocycles. The highest BCUT2D eigenvalue weighted by Gasteiger charge is 2.28. The summed E-state index contributed by atoms with van der Waals surface area (Å²) in [5.74, 6) is 0. The van der Waals surface area contributed by atoms with E-state index in [1.54, 1.807) is 11.1 Å². The summed E-state index contributed by atoms with van der Waals surface area (Å²) in [6.07, 6.45) is 6.46. The van der Waals surface area contributed by atoms with Gasteiger partial charge >= 0.3 is 0 Å². The van der Waals surface area contributed by atoms with Gasteiger partial charge in [-0.05, 0) is 69.0 Å². The fourth-order valence-electron chi connectivity index (χ4n) is 4.22. The largest absolute Gasteiger partial charge is 0.355 e. The first kappa shape index (κ1) is 15.7. The standard InChI is InChI=1S/C22H28N2/c1-18-9-11-21(12-10-18)24(17-23-13-5-2-6-14-23)22-15-19-7-3-4-8-20(19)16-22/h3-4,7-12,22H,2,5-6,13-17H2,1H3. The third kappa shape index (κ3) is 3.34. The minimum absolute atomic E-state index is 0.590. The van der Waals surface area contributed by atoms with Gasteiger partial charge in [-0.25, -0.2) is 0 Å². The monoisotopic (exact) mass is 320 g/mol. The SMILES string of the molecule is Cc1ccc(N(CN2CCCCC2)C2Cc3ccccc3C2)cc1. The molecule has 1 aliphatic carbocycles. The first-order chi connectivity index (χ1) is 11.8. The van der Waals surface area contributed by atoms with Gasteiger partial charge in [0.15, 0.2) is 0 Å². The van der Waals surface area contributed by atoms with Gasteiger partial charge in [0.2, 0.25) is 0 Å². The summed E-state index contributed by atoms with van der Waals surface area (Å²) in [4.78, 5) is 5.30. The lowest BCUT2D eigenvalue weighted by molar-refractivity contribution is 0.222. The van der Waals surface area contributed by atoms with Crippen LogP contribution in [0.4, 0.5) is 5.69 Å². The highest BCUT2D eigenvalue weighted by atomic mass is 15.3. The van der Waals surface area contributed by atoms with Gasteiger partial charge in [-0.15, -0.1) is 0 Å². The van der Waals surface area contributed by atoms with E-state index >= 15 is 0 Å². The summed E-state index contributed by atoms with van der Waals surface area (Å²) in [5.41, 5.74) is 5.80. The average molecular weight is 320 g/mol. The smallest absolute Gasteiger partial charge is 0.0710 e. The van der Waals surface area contributed by atoms with E-state index in [0.29, 0.717) is 6.04 Å². The molecule has 0 spiro atoms. The van der Waals surface area contributed by atoms with Crippen molar-refractivity contribution in [2.75, 3.05) is 24.7 Å². The third-order valence-electron chi connectivity index (χ3n) is 5.64. The Balaban J connectivity index is 1.57. The van der Waals surface area contributed by atoms with Crippen LogP contribution in [0.3, 0.4) is 0 Å². The predicted molar refractivity (Wildman–Crippen MR) is 102 cm³/mol. The van der Waals surface area contributed by atoms with E-state index < -0.39 is 0 Å². The molecule has 1 aliphatic heterocycles. The molecule has 1 saturated heterocycles. The molecule has 0 bridgehead atoms. The molecule has 2 heteroatoms. The maximum Gasteiger partial charge on any atom is 0.0710 e. The molecular formula is C22H28N2. The molecule has 0 atom stereocenters. The number of piperidine rings is 1. The zero-order valence-corrected chi connectivity index (χ0v) is 14.7. The van der Waals surface area contributed by atoms with E-state index in [1.165, 1.54) is 56.4 Å². The molecule has 126 valence electrons. The van der Waals surface area contributed by atoms with Crippen LogP contribution in [0.25, 0.3) is 0 Å². The first-order valence-electron chi connectivity index (χ1n) is 9.42. The van der Waals surface area contributed by atoms with Crippen molar-refractivity contribution in [3.63, 3.8) is 0 Å². The maximum atomic E-state index is 2.66. The van der Waals surface area contributed by atoms with E-state index in [1.807, 2.05) is 0 Å². The van der Waals surface area contributed by atoms with E-state index in [0.717, 1.165) is 6.67 Å². The summed E-state index contributed by atoms with van der Waals surface area (Å²) in [6.45, 7) is 5.75. The van der Waals surface area contributed by atoms with Crippen molar-refractivity contribution in [3.8, 4) is 0 Å². The number of benzene rings is 2. The van der Waals surface area contributed by atoms with E-state index in [9.17, 15) is 0 Å². The second-order valence-electron chi connectivity index (χ2n) is 7.46. The van der Waals surface area contributed by atoms with Crippen molar-refractivity contribution in [2.45, 2.75) is 45.1 Å². The van der Waals surface area contributed by atoms with Crippen LogP contribution >= 0.6 is 0 Å². The molecule has 0 N–H and O–H groups in total. The number of likely N-dealkylation sites (tertiary alicyclic amines) is 1. The number of hydrogen-bond acceptors (Lipinski definition) is 2. The first-order valence-corrected chi connectivity index (χ1v) is 9.42. The van der Waals surface area contributed by atoms with Gasteiger partial charge in [0, 0.05) is 11.7 Å². The summed E-state index contributed by atoms with van der Waals surface area (Å²) in [7, 11) is 0. The Morgan fingerprint density at radius 1 is 0.875 bits per heavy atom. The van der Waals surface area contributed by atoms with Crippen molar-refractivity contribution in [1.82, 2.24) is 4.90 Å². The van der Waals surface area contributed by atoms with E-state index in [-0.39, 0.29) is 0 Å². The molecule has 2 aromatic rings. The molecule has 0 aromatic heterocycles. The van der Waals surface area contributed by atoms with E-state index in [4.69, 9.17) is 0 Å². The minimum Gasteiger partial charge on any atom is -0.355 e. The Hall–Kier alpha value is -1.80. The zero-order chi connectivity index (χ0) is 16.4. The number of rotatable bonds is 4. The van der Waals surface area contributed by atoms with Crippen LogP contribution in [-0.4, -0.2) is 30.7 Å². The molecule has 24 heavy (non-hydrogen) atoms. The van der Waals surface area contributed by atoms with Crippen LogP contribution in [-0.2, 0) is 12.8 Å². The molecule has 1 heterocycles. The van der Waals surface area contributed by atoms with Crippen LogP contribution in [0.15, 0.2) is 48.5 Å². The molecule has 0 amide bonds. The lowest BCUT2D eigenvalue weighted by Gasteiger charge is -2.38. The summed E-state index contributed by atoms with van der Waals surface area (Å²) < 4.78 is 0. The van der Waals surface area contributed by atoms with Gasteiger partial charge in [0.05, 0.1) is 6.67 Å². The maximum absolute atomic E-state index is 2.66. The Bertz CT molecular complexity index is 646. The third-order valence-corrected chi connectivity index (χ3v) is 5.64. The zero-order valence-electron chi connectivity index (χ0n) is 14.7. The van der Waals surface area contributed by atoms with Crippen molar-refractivity contribution < 1.29 is 0 Å². The highest BCUT2D eigenvalue weighted by molar-refractivity contribution is 5.50. The van der Waals surface area contributed by atoms with Crippen LogP contribution in [0.5, 0.6) is 0 Å². The van der Waals surface area contributed by atoms with Gasteiger partial charge in [-0.3, -0.25) is 4.90 Å².